The van der Waals surface area contributed by atoms with E-state index in [1.807, 2.05) is 24.4 Å². The van der Waals surface area contributed by atoms with Crippen LogP contribution in [0.5, 0.6) is 5.75 Å². The fraction of sp³-hybridized carbons (Fsp3) is 0.333. The van der Waals surface area contributed by atoms with Crippen molar-refractivity contribution in [3.8, 4) is 5.75 Å². The molecule has 0 atom stereocenters. The number of sulfone groups is 1. The van der Waals surface area contributed by atoms with Gasteiger partial charge in [-0.25, -0.2) is 13.4 Å². The maximum atomic E-state index is 12.6. The number of ether oxygens (including phenoxy) is 1. The monoisotopic (exact) mass is 463 g/mol. The zero-order valence-corrected chi connectivity index (χ0v) is 18.7. The molecular formula is C21H22ClN3O3S2. The predicted octanol–water partition coefficient (Wildman–Crippen LogP) is 4.21. The van der Waals surface area contributed by atoms with Gasteiger partial charge in [-0.1, -0.05) is 17.7 Å². The molecule has 0 spiro atoms. The van der Waals surface area contributed by atoms with Crippen molar-refractivity contribution in [2.24, 2.45) is 0 Å². The molecular weight excluding hydrogens is 442 g/mol. The summed E-state index contributed by atoms with van der Waals surface area (Å²) in [6.07, 6.45) is 5.23. The van der Waals surface area contributed by atoms with Gasteiger partial charge in [0.2, 0.25) is 0 Å². The molecule has 9 heteroatoms. The number of likely N-dealkylation sites (tertiary alicyclic amines) is 1. The van der Waals surface area contributed by atoms with Gasteiger partial charge in [0.25, 0.3) is 0 Å². The summed E-state index contributed by atoms with van der Waals surface area (Å²) in [4.78, 5) is 11.0. The number of halogens is 1. The molecule has 0 saturated carbocycles. The SMILES string of the molecule is O=S(=O)(Cc1nccs1)c1ccc(OC2CCN(Cc3ccccn3)CC2)c(Cl)c1. The minimum Gasteiger partial charge on any atom is -0.489 e. The molecule has 4 rings (SSSR count). The number of pyridine rings is 1. The molecule has 0 aliphatic carbocycles. The smallest absolute Gasteiger partial charge is 0.184 e. The lowest BCUT2D eigenvalue weighted by Crippen LogP contribution is -2.38. The summed E-state index contributed by atoms with van der Waals surface area (Å²) in [5.74, 6) is 0.392. The van der Waals surface area contributed by atoms with Crippen molar-refractivity contribution in [1.29, 1.82) is 0 Å². The maximum absolute atomic E-state index is 12.6. The summed E-state index contributed by atoms with van der Waals surface area (Å²) < 4.78 is 31.3. The van der Waals surface area contributed by atoms with E-state index in [1.165, 1.54) is 17.4 Å². The molecule has 0 radical (unpaired) electrons. The Labute approximate surface area is 185 Å². The van der Waals surface area contributed by atoms with Crippen molar-refractivity contribution in [3.05, 3.63) is 69.9 Å². The van der Waals surface area contributed by atoms with Crippen molar-refractivity contribution in [2.45, 2.75) is 36.1 Å². The molecule has 0 N–H and O–H groups in total. The van der Waals surface area contributed by atoms with Crippen molar-refractivity contribution >= 4 is 32.8 Å². The fourth-order valence-electron chi connectivity index (χ4n) is 3.43. The third-order valence-electron chi connectivity index (χ3n) is 5.00. The molecule has 30 heavy (non-hydrogen) atoms. The molecule has 1 aliphatic rings. The summed E-state index contributed by atoms with van der Waals surface area (Å²) in [5, 5.41) is 2.63. The summed E-state index contributed by atoms with van der Waals surface area (Å²) in [7, 11) is -3.50. The molecule has 0 bridgehead atoms. The van der Waals surface area contributed by atoms with Gasteiger partial charge in [0, 0.05) is 37.4 Å². The first-order valence-corrected chi connectivity index (χ1v) is 12.6. The van der Waals surface area contributed by atoms with Gasteiger partial charge in [-0.15, -0.1) is 11.3 Å². The standard InChI is InChI=1S/C21H22ClN3O3S2/c22-19-13-18(30(26,27)15-21-24-9-12-29-21)4-5-20(19)28-17-6-10-25(11-7-17)14-16-3-1-2-8-23-16/h1-5,8-9,12-13,17H,6-7,10-11,14-15H2. The van der Waals surface area contributed by atoms with Crippen molar-refractivity contribution in [1.82, 2.24) is 14.9 Å². The number of piperidine rings is 1. The van der Waals surface area contributed by atoms with Crippen LogP contribution < -0.4 is 4.74 Å². The first kappa shape index (κ1) is 21.2. The summed E-state index contributed by atoms with van der Waals surface area (Å²) >= 11 is 7.67. The number of hydrogen-bond acceptors (Lipinski definition) is 7. The van der Waals surface area contributed by atoms with Gasteiger partial charge in [-0.3, -0.25) is 9.88 Å². The van der Waals surface area contributed by atoms with Gasteiger partial charge in [0.1, 0.15) is 22.6 Å². The highest BCUT2D eigenvalue weighted by Crippen LogP contribution is 2.31. The average Bonchev–Trinajstić information content (AvgIpc) is 3.24. The van der Waals surface area contributed by atoms with Crippen LogP contribution in [0.1, 0.15) is 23.5 Å². The Balaban J connectivity index is 1.34. The Morgan fingerprint density at radius 1 is 1.13 bits per heavy atom. The van der Waals surface area contributed by atoms with E-state index in [0.717, 1.165) is 38.2 Å². The molecule has 1 aromatic carbocycles. The van der Waals surface area contributed by atoms with Crippen LogP contribution in [0.25, 0.3) is 0 Å². The lowest BCUT2D eigenvalue weighted by Gasteiger charge is -2.32. The van der Waals surface area contributed by atoms with Gasteiger partial charge in [-0.2, -0.15) is 0 Å². The maximum Gasteiger partial charge on any atom is 0.184 e. The van der Waals surface area contributed by atoms with Gasteiger partial charge in [0.15, 0.2) is 9.84 Å². The largest absolute Gasteiger partial charge is 0.489 e. The second kappa shape index (κ2) is 9.43. The second-order valence-electron chi connectivity index (χ2n) is 7.19. The fourth-order valence-corrected chi connectivity index (χ4v) is 5.99. The zero-order chi connectivity index (χ0) is 21.0. The van der Waals surface area contributed by atoms with Gasteiger partial charge < -0.3 is 4.74 Å². The number of nitrogens with zero attached hydrogens (tertiary/aromatic N) is 3. The molecule has 6 nitrogen and oxygen atoms in total. The average molecular weight is 464 g/mol. The highest BCUT2D eigenvalue weighted by Gasteiger charge is 2.23. The van der Waals surface area contributed by atoms with E-state index in [4.69, 9.17) is 16.3 Å². The van der Waals surface area contributed by atoms with Crippen LogP contribution in [-0.2, 0) is 22.1 Å². The molecule has 158 valence electrons. The Bertz CT molecular complexity index is 1070. The minimum atomic E-state index is -3.50. The van der Waals surface area contributed by atoms with Crippen LogP contribution in [0, 0.1) is 0 Å². The molecule has 1 aliphatic heterocycles. The van der Waals surface area contributed by atoms with E-state index in [-0.39, 0.29) is 16.8 Å². The Morgan fingerprint density at radius 3 is 2.63 bits per heavy atom. The van der Waals surface area contributed by atoms with Crippen molar-refractivity contribution in [2.75, 3.05) is 13.1 Å². The van der Waals surface area contributed by atoms with Gasteiger partial charge in [0.05, 0.1) is 15.6 Å². The Morgan fingerprint density at radius 2 is 1.97 bits per heavy atom. The lowest BCUT2D eigenvalue weighted by atomic mass is 10.1. The predicted molar refractivity (Wildman–Crippen MR) is 118 cm³/mol. The number of benzene rings is 1. The molecule has 2 aromatic heterocycles. The molecule has 1 fully saturated rings. The number of hydrogen-bond donors (Lipinski definition) is 0. The molecule has 3 heterocycles. The summed E-state index contributed by atoms with van der Waals surface area (Å²) in [5.41, 5.74) is 1.06. The molecule has 0 unspecified atom stereocenters. The molecule has 1 saturated heterocycles. The highest BCUT2D eigenvalue weighted by atomic mass is 35.5. The lowest BCUT2D eigenvalue weighted by molar-refractivity contribution is 0.0961. The van der Waals surface area contributed by atoms with E-state index >= 15 is 0 Å². The molecule has 3 aromatic rings. The van der Waals surface area contributed by atoms with Crippen LogP contribution >= 0.6 is 22.9 Å². The van der Waals surface area contributed by atoms with Crippen LogP contribution in [0.15, 0.2) is 59.1 Å². The minimum absolute atomic E-state index is 0.0558. The topological polar surface area (TPSA) is 72.4 Å². The van der Waals surface area contributed by atoms with E-state index in [9.17, 15) is 8.42 Å². The van der Waals surface area contributed by atoms with Crippen molar-refractivity contribution < 1.29 is 13.2 Å². The van der Waals surface area contributed by atoms with E-state index in [0.29, 0.717) is 15.8 Å². The first-order valence-electron chi connectivity index (χ1n) is 9.69. The molecule has 0 amide bonds. The second-order valence-corrected chi connectivity index (χ2v) is 10.6. The first-order chi connectivity index (χ1) is 14.5. The Hall–Kier alpha value is -2.00. The highest BCUT2D eigenvalue weighted by molar-refractivity contribution is 7.90. The van der Waals surface area contributed by atoms with Crippen LogP contribution in [0.3, 0.4) is 0 Å². The van der Waals surface area contributed by atoms with E-state index < -0.39 is 9.84 Å². The third kappa shape index (κ3) is 5.37. The summed E-state index contributed by atoms with van der Waals surface area (Å²) in [6.45, 7) is 2.66. The zero-order valence-electron chi connectivity index (χ0n) is 16.3. The van der Waals surface area contributed by atoms with Gasteiger partial charge >= 0.3 is 0 Å². The number of thiazole rings is 1. The number of aromatic nitrogens is 2. The van der Waals surface area contributed by atoms with Crippen LogP contribution in [0.4, 0.5) is 0 Å². The van der Waals surface area contributed by atoms with Gasteiger partial charge in [-0.05, 0) is 43.2 Å². The quantitative estimate of drug-likeness (QED) is 0.522. The Kier molecular flexibility index (Phi) is 6.67. The van der Waals surface area contributed by atoms with E-state index in [2.05, 4.69) is 14.9 Å². The van der Waals surface area contributed by atoms with E-state index in [1.54, 1.807) is 23.7 Å². The number of rotatable bonds is 7. The summed E-state index contributed by atoms with van der Waals surface area (Å²) in [6, 6.07) is 10.6. The third-order valence-corrected chi connectivity index (χ3v) is 7.88. The van der Waals surface area contributed by atoms with Crippen LogP contribution in [-0.4, -0.2) is 42.5 Å². The van der Waals surface area contributed by atoms with Crippen LogP contribution in [0.2, 0.25) is 5.02 Å². The van der Waals surface area contributed by atoms with Crippen molar-refractivity contribution in [3.63, 3.8) is 0 Å². The normalized spacial score (nSPS) is 15.9.